The lowest BCUT2D eigenvalue weighted by molar-refractivity contribution is 0.252. The third-order valence-corrected chi connectivity index (χ3v) is 4.32. The summed E-state index contributed by atoms with van der Waals surface area (Å²) in [6.45, 7) is 0.490. The third kappa shape index (κ3) is 4.61. The van der Waals surface area contributed by atoms with Gasteiger partial charge in [0.25, 0.3) is 0 Å². The van der Waals surface area contributed by atoms with Crippen molar-refractivity contribution in [2.75, 3.05) is 11.9 Å². The van der Waals surface area contributed by atoms with Gasteiger partial charge in [-0.3, -0.25) is 0 Å². The first-order valence-corrected chi connectivity index (χ1v) is 8.51. The van der Waals surface area contributed by atoms with Gasteiger partial charge in [-0.05, 0) is 23.3 Å². The third-order valence-electron chi connectivity index (χ3n) is 3.99. The zero-order valence-electron chi connectivity index (χ0n) is 13.7. The van der Waals surface area contributed by atoms with Crippen LogP contribution < -0.4 is 10.6 Å². The van der Waals surface area contributed by atoms with Crippen molar-refractivity contribution in [3.8, 4) is 0 Å². The van der Waals surface area contributed by atoms with Crippen molar-refractivity contribution in [1.29, 1.82) is 0 Å². The molecule has 3 rings (SSSR count). The molecule has 0 aliphatic rings. The molecule has 0 aromatic heterocycles. The molecule has 0 fully saturated rings. The number of benzene rings is 3. The topological polar surface area (TPSA) is 41.1 Å². The molecule has 0 unspecified atom stereocenters. The molecule has 0 atom stereocenters. The molecule has 0 aliphatic carbocycles. The average Bonchev–Trinajstić information content (AvgIpc) is 2.66. The standard InChI is InChI=1S/C21H19ClN2O/c22-19-13-7-8-14-20(19)24-21(25)23-15-18(16-9-3-1-4-10-16)17-11-5-2-6-12-17/h1-14,18H,15H2,(H2,23,24,25). The van der Waals surface area contributed by atoms with E-state index in [-0.39, 0.29) is 11.9 Å². The van der Waals surface area contributed by atoms with Gasteiger partial charge in [0.05, 0.1) is 10.7 Å². The van der Waals surface area contributed by atoms with Gasteiger partial charge in [-0.1, -0.05) is 84.4 Å². The van der Waals surface area contributed by atoms with Gasteiger partial charge in [0.2, 0.25) is 0 Å². The van der Waals surface area contributed by atoms with E-state index >= 15 is 0 Å². The van der Waals surface area contributed by atoms with E-state index in [2.05, 4.69) is 34.9 Å². The summed E-state index contributed by atoms with van der Waals surface area (Å²) in [6.07, 6.45) is 0. The highest BCUT2D eigenvalue weighted by Gasteiger charge is 2.15. The van der Waals surface area contributed by atoms with Crippen LogP contribution in [-0.2, 0) is 0 Å². The smallest absolute Gasteiger partial charge is 0.319 e. The van der Waals surface area contributed by atoms with E-state index in [0.717, 1.165) is 11.1 Å². The van der Waals surface area contributed by atoms with Crippen LogP contribution in [0.15, 0.2) is 84.9 Å². The first-order chi connectivity index (χ1) is 12.2. The normalized spacial score (nSPS) is 10.5. The van der Waals surface area contributed by atoms with Crippen molar-refractivity contribution in [3.63, 3.8) is 0 Å². The molecular weight excluding hydrogens is 332 g/mol. The second kappa shape index (κ2) is 8.36. The summed E-state index contributed by atoms with van der Waals surface area (Å²) < 4.78 is 0. The highest BCUT2D eigenvalue weighted by atomic mass is 35.5. The summed E-state index contributed by atoms with van der Waals surface area (Å²) in [4.78, 5) is 12.3. The number of nitrogens with one attached hydrogen (secondary N) is 2. The van der Waals surface area contributed by atoms with Crippen LogP contribution in [0.2, 0.25) is 5.02 Å². The number of halogens is 1. The Balaban J connectivity index is 1.71. The Morgan fingerprint density at radius 2 is 1.32 bits per heavy atom. The maximum atomic E-state index is 12.3. The molecule has 3 nitrogen and oxygen atoms in total. The Labute approximate surface area is 152 Å². The summed E-state index contributed by atoms with van der Waals surface area (Å²) in [5.74, 6) is 0.0828. The fourth-order valence-corrected chi connectivity index (χ4v) is 2.91. The zero-order valence-corrected chi connectivity index (χ0v) is 14.4. The summed E-state index contributed by atoms with van der Waals surface area (Å²) >= 11 is 6.08. The van der Waals surface area contributed by atoms with E-state index in [1.165, 1.54) is 0 Å². The summed E-state index contributed by atoms with van der Waals surface area (Å²) in [5.41, 5.74) is 2.91. The minimum atomic E-state index is -0.273. The largest absolute Gasteiger partial charge is 0.337 e. The quantitative estimate of drug-likeness (QED) is 0.644. The number of carbonyl (C=O) groups is 1. The molecule has 126 valence electrons. The SMILES string of the molecule is O=C(NCC(c1ccccc1)c1ccccc1)Nc1ccccc1Cl. The predicted molar refractivity (Wildman–Crippen MR) is 103 cm³/mol. The number of rotatable bonds is 5. The number of hydrogen-bond donors (Lipinski definition) is 2. The minimum absolute atomic E-state index is 0.0828. The van der Waals surface area contributed by atoms with Gasteiger partial charge in [-0.25, -0.2) is 4.79 Å². The molecule has 0 saturated heterocycles. The van der Waals surface area contributed by atoms with E-state index in [0.29, 0.717) is 17.3 Å². The average molecular weight is 351 g/mol. The van der Waals surface area contributed by atoms with Crippen LogP contribution in [0.5, 0.6) is 0 Å². The number of para-hydroxylation sites is 1. The van der Waals surface area contributed by atoms with Crippen LogP contribution in [0, 0.1) is 0 Å². The van der Waals surface area contributed by atoms with E-state index in [4.69, 9.17) is 11.6 Å². The van der Waals surface area contributed by atoms with Crippen LogP contribution in [0.25, 0.3) is 0 Å². The molecule has 3 aromatic carbocycles. The van der Waals surface area contributed by atoms with Crippen LogP contribution in [0.4, 0.5) is 10.5 Å². The van der Waals surface area contributed by atoms with Crippen LogP contribution >= 0.6 is 11.6 Å². The van der Waals surface area contributed by atoms with Gasteiger partial charge in [0.15, 0.2) is 0 Å². The van der Waals surface area contributed by atoms with Gasteiger partial charge in [0.1, 0.15) is 0 Å². The predicted octanol–water partition coefficient (Wildman–Crippen LogP) is 5.29. The molecule has 0 aliphatic heterocycles. The summed E-state index contributed by atoms with van der Waals surface area (Å²) in [7, 11) is 0. The second-order valence-corrected chi connectivity index (χ2v) is 6.10. The van der Waals surface area contributed by atoms with Gasteiger partial charge >= 0.3 is 6.03 Å². The number of carbonyl (C=O) groups excluding carboxylic acids is 1. The first-order valence-electron chi connectivity index (χ1n) is 8.13. The first kappa shape index (κ1) is 17.1. The number of hydrogen-bond acceptors (Lipinski definition) is 1. The molecule has 2 N–H and O–H groups in total. The molecule has 0 saturated carbocycles. The van der Waals surface area contributed by atoms with Gasteiger partial charge in [0, 0.05) is 12.5 Å². The van der Waals surface area contributed by atoms with E-state index < -0.39 is 0 Å². The van der Waals surface area contributed by atoms with E-state index in [1.54, 1.807) is 12.1 Å². The van der Waals surface area contributed by atoms with Gasteiger partial charge < -0.3 is 10.6 Å². The zero-order chi connectivity index (χ0) is 17.5. The molecule has 0 spiro atoms. The second-order valence-electron chi connectivity index (χ2n) is 5.69. The fourth-order valence-electron chi connectivity index (χ4n) is 2.72. The molecule has 0 bridgehead atoms. The molecule has 4 heteroatoms. The van der Waals surface area contributed by atoms with Crippen LogP contribution in [0.3, 0.4) is 0 Å². The highest BCUT2D eigenvalue weighted by Crippen LogP contribution is 2.24. The molecule has 3 aromatic rings. The molecule has 25 heavy (non-hydrogen) atoms. The van der Waals surface area contributed by atoms with Crippen LogP contribution in [-0.4, -0.2) is 12.6 Å². The Morgan fingerprint density at radius 1 is 0.800 bits per heavy atom. The molecular formula is C21H19ClN2O. The maximum absolute atomic E-state index is 12.3. The number of amides is 2. The Morgan fingerprint density at radius 3 is 1.88 bits per heavy atom. The van der Waals surface area contributed by atoms with Crippen molar-refractivity contribution in [1.82, 2.24) is 5.32 Å². The molecule has 0 radical (unpaired) electrons. The lowest BCUT2D eigenvalue weighted by Gasteiger charge is -2.19. The minimum Gasteiger partial charge on any atom is -0.337 e. The summed E-state index contributed by atoms with van der Waals surface area (Å²) in [6, 6.07) is 27.2. The monoisotopic (exact) mass is 350 g/mol. The lowest BCUT2D eigenvalue weighted by atomic mass is 9.91. The number of anilines is 1. The fraction of sp³-hybridized carbons (Fsp3) is 0.0952. The van der Waals surface area contributed by atoms with Crippen molar-refractivity contribution in [2.45, 2.75) is 5.92 Å². The number of urea groups is 1. The van der Waals surface area contributed by atoms with Gasteiger partial charge in [-0.15, -0.1) is 0 Å². The molecule has 2 amide bonds. The summed E-state index contributed by atoms with van der Waals surface area (Å²) in [5, 5.41) is 6.25. The van der Waals surface area contributed by atoms with E-state index in [1.807, 2.05) is 48.5 Å². The Hall–Kier alpha value is -2.78. The Kier molecular flexibility index (Phi) is 5.70. The molecule has 0 heterocycles. The lowest BCUT2D eigenvalue weighted by Crippen LogP contribution is -2.32. The van der Waals surface area contributed by atoms with Crippen molar-refractivity contribution in [3.05, 3.63) is 101 Å². The van der Waals surface area contributed by atoms with E-state index in [9.17, 15) is 4.79 Å². The Bertz CT molecular complexity index is 782. The van der Waals surface area contributed by atoms with Crippen molar-refractivity contribution < 1.29 is 4.79 Å². The van der Waals surface area contributed by atoms with Crippen molar-refractivity contribution >= 4 is 23.3 Å². The maximum Gasteiger partial charge on any atom is 0.319 e. The van der Waals surface area contributed by atoms with Crippen molar-refractivity contribution in [2.24, 2.45) is 0 Å². The highest BCUT2D eigenvalue weighted by molar-refractivity contribution is 6.33. The van der Waals surface area contributed by atoms with Gasteiger partial charge in [-0.2, -0.15) is 0 Å². The van der Waals surface area contributed by atoms with Crippen LogP contribution in [0.1, 0.15) is 17.0 Å².